The van der Waals surface area contributed by atoms with Crippen LogP contribution in [0.1, 0.15) is 40.0 Å². The van der Waals surface area contributed by atoms with Crippen molar-refractivity contribution in [3.8, 4) is 5.75 Å². The highest BCUT2D eigenvalue weighted by Gasteiger charge is 2.31. The molecule has 1 N–H and O–H groups in total. The molecule has 1 aromatic carbocycles. The van der Waals surface area contributed by atoms with Crippen molar-refractivity contribution in [2.45, 2.75) is 25.7 Å². The maximum atomic E-state index is 12.4. The van der Waals surface area contributed by atoms with Crippen molar-refractivity contribution in [2.75, 3.05) is 19.7 Å². The number of amides is 1. The van der Waals surface area contributed by atoms with Gasteiger partial charge in [0, 0.05) is 25.7 Å². The highest BCUT2D eigenvalue weighted by Crippen LogP contribution is 2.27. The lowest BCUT2D eigenvalue weighted by Crippen LogP contribution is -2.28. The summed E-state index contributed by atoms with van der Waals surface area (Å²) < 4.78 is 11.1. The summed E-state index contributed by atoms with van der Waals surface area (Å²) in [6.45, 7) is 3.76. The monoisotopic (exact) mass is 367 g/mol. The van der Waals surface area contributed by atoms with E-state index in [1.54, 1.807) is 11.1 Å². The highest BCUT2D eigenvalue weighted by atomic mass is 16.5. The van der Waals surface area contributed by atoms with Gasteiger partial charge in [-0.3, -0.25) is 9.89 Å². The van der Waals surface area contributed by atoms with Crippen molar-refractivity contribution in [3.05, 3.63) is 59.5 Å². The Morgan fingerprint density at radius 2 is 2.37 bits per heavy atom. The molecule has 8 heteroatoms. The van der Waals surface area contributed by atoms with Gasteiger partial charge in [-0.25, -0.2) is 0 Å². The van der Waals surface area contributed by atoms with Gasteiger partial charge in [0.25, 0.3) is 5.91 Å². The van der Waals surface area contributed by atoms with Crippen molar-refractivity contribution in [2.24, 2.45) is 0 Å². The fourth-order valence-corrected chi connectivity index (χ4v) is 3.20. The molecule has 1 aliphatic rings. The summed E-state index contributed by atoms with van der Waals surface area (Å²) in [7, 11) is 0. The molecule has 140 valence electrons. The number of aryl methyl sites for hydroxylation is 1. The number of hydrogen-bond donors (Lipinski definition) is 1. The van der Waals surface area contributed by atoms with Crippen molar-refractivity contribution in [3.63, 3.8) is 0 Å². The molecule has 8 nitrogen and oxygen atoms in total. The first kappa shape index (κ1) is 17.3. The smallest absolute Gasteiger partial charge is 0.257 e. The van der Waals surface area contributed by atoms with Gasteiger partial charge in [-0.2, -0.15) is 10.1 Å². The summed E-state index contributed by atoms with van der Waals surface area (Å²) in [4.78, 5) is 18.6. The number of carbonyl (C=O) groups excluding carboxylic acids is 1. The Morgan fingerprint density at radius 3 is 3.19 bits per heavy atom. The van der Waals surface area contributed by atoms with Crippen LogP contribution < -0.4 is 4.74 Å². The van der Waals surface area contributed by atoms with Gasteiger partial charge in [0.15, 0.2) is 5.82 Å². The van der Waals surface area contributed by atoms with Crippen LogP contribution in [-0.2, 0) is 6.42 Å². The molecule has 3 heterocycles. The number of carbonyl (C=O) groups is 1. The third kappa shape index (κ3) is 3.99. The largest absolute Gasteiger partial charge is 0.493 e. The molecule has 3 aromatic rings. The number of aromatic amines is 1. The van der Waals surface area contributed by atoms with Crippen LogP contribution in [0.2, 0.25) is 0 Å². The third-order valence-corrected chi connectivity index (χ3v) is 4.64. The summed E-state index contributed by atoms with van der Waals surface area (Å²) in [6, 6.07) is 7.92. The molecule has 2 aromatic heterocycles. The van der Waals surface area contributed by atoms with Crippen LogP contribution in [0, 0.1) is 6.92 Å². The molecular formula is C19H21N5O3. The van der Waals surface area contributed by atoms with Crippen LogP contribution in [0.3, 0.4) is 0 Å². The Hall–Kier alpha value is -3.16. The second-order valence-electron chi connectivity index (χ2n) is 6.69. The molecule has 0 spiro atoms. The number of H-pyrrole nitrogens is 1. The Kier molecular flexibility index (Phi) is 4.86. The van der Waals surface area contributed by atoms with Gasteiger partial charge in [-0.1, -0.05) is 17.3 Å². The lowest BCUT2D eigenvalue weighted by molar-refractivity contribution is 0.0789. The average Bonchev–Trinajstić information content (AvgIpc) is 3.42. The molecule has 1 unspecified atom stereocenters. The quantitative estimate of drug-likeness (QED) is 0.718. The fourth-order valence-electron chi connectivity index (χ4n) is 3.20. The topological polar surface area (TPSA) is 97.1 Å². The average molecular weight is 367 g/mol. The van der Waals surface area contributed by atoms with Crippen LogP contribution in [0.4, 0.5) is 0 Å². The number of benzene rings is 1. The van der Waals surface area contributed by atoms with E-state index in [1.165, 1.54) is 6.20 Å². The minimum Gasteiger partial charge on any atom is -0.493 e. The maximum absolute atomic E-state index is 12.4. The van der Waals surface area contributed by atoms with E-state index in [2.05, 4.69) is 20.3 Å². The van der Waals surface area contributed by atoms with E-state index in [-0.39, 0.29) is 11.8 Å². The lowest BCUT2D eigenvalue weighted by atomic mass is 10.1. The van der Waals surface area contributed by atoms with E-state index < -0.39 is 0 Å². The van der Waals surface area contributed by atoms with Crippen LogP contribution in [0.15, 0.2) is 41.2 Å². The predicted octanol–water partition coefficient (Wildman–Crippen LogP) is 2.35. The zero-order chi connectivity index (χ0) is 18.6. The first-order valence-corrected chi connectivity index (χ1v) is 8.99. The summed E-state index contributed by atoms with van der Waals surface area (Å²) in [5.41, 5.74) is 1.72. The summed E-state index contributed by atoms with van der Waals surface area (Å²) >= 11 is 0. The summed E-state index contributed by atoms with van der Waals surface area (Å²) in [5.74, 6) is 2.08. The Bertz CT molecular complexity index is 906. The van der Waals surface area contributed by atoms with Gasteiger partial charge in [0.05, 0.1) is 24.3 Å². The van der Waals surface area contributed by atoms with E-state index in [9.17, 15) is 4.79 Å². The van der Waals surface area contributed by atoms with Crippen LogP contribution in [-0.4, -0.2) is 50.8 Å². The van der Waals surface area contributed by atoms with Crippen molar-refractivity contribution in [1.82, 2.24) is 25.2 Å². The highest BCUT2D eigenvalue weighted by molar-refractivity contribution is 5.93. The van der Waals surface area contributed by atoms with E-state index in [0.29, 0.717) is 43.4 Å². The van der Waals surface area contributed by atoms with Gasteiger partial charge in [-0.15, -0.1) is 0 Å². The van der Waals surface area contributed by atoms with E-state index in [4.69, 9.17) is 9.26 Å². The fraction of sp³-hybridized carbons (Fsp3) is 0.368. The second-order valence-corrected chi connectivity index (χ2v) is 6.69. The number of nitrogens with one attached hydrogen (secondary N) is 1. The second kappa shape index (κ2) is 7.61. The summed E-state index contributed by atoms with van der Waals surface area (Å²) in [5, 5.41) is 10.5. The van der Waals surface area contributed by atoms with Crippen LogP contribution in [0.25, 0.3) is 0 Å². The van der Waals surface area contributed by atoms with Gasteiger partial charge in [-0.05, 0) is 31.0 Å². The first-order chi connectivity index (χ1) is 13.2. The van der Waals surface area contributed by atoms with Gasteiger partial charge in [0.1, 0.15) is 5.75 Å². The zero-order valence-electron chi connectivity index (χ0n) is 15.1. The van der Waals surface area contributed by atoms with Gasteiger partial charge >= 0.3 is 0 Å². The Balaban J connectivity index is 1.30. The maximum Gasteiger partial charge on any atom is 0.257 e. The van der Waals surface area contributed by atoms with Crippen molar-refractivity contribution < 1.29 is 14.1 Å². The number of likely N-dealkylation sites (tertiary alicyclic amines) is 1. The molecule has 1 saturated heterocycles. The number of ether oxygens (including phenoxy) is 1. The normalized spacial score (nSPS) is 16.6. The number of nitrogens with zero attached hydrogens (tertiary/aromatic N) is 4. The molecule has 27 heavy (non-hydrogen) atoms. The number of aromatic nitrogens is 4. The van der Waals surface area contributed by atoms with Crippen LogP contribution >= 0.6 is 0 Å². The Morgan fingerprint density at radius 1 is 1.44 bits per heavy atom. The number of hydrogen-bond acceptors (Lipinski definition) is 6. The minimum absolute atomic E-state index is 0.0301. The van der Waals surface area contributed by atoms with Gasteiger partial charge < -0.3 is 14.2 Å². The van der Waals surface area contributed by atoms with E-state index in [1.807, 2.05) is 31.2 Å². The zero-order valence-corrected chi connectivity index (χ0v) is 15.1. The molecule has 1 amide bonds. The first-order valence-electron chi connectivity index (χ1n) is 8.99. The molecule has 1 aliphatic heterocycles. The molecule has 0 bridgehead atoms. The lowest BCUT2D eigenvalue weighted by Gasteiger charge is -2.14. The molecule has 1 atom stereocenters. The molecule has 0 aliphatic carbocycles. The number of rotatable bonds is 6. The third-order valence-electron chi connectivity index (χ3n) is 4.64. The predicted molar refractivity (Wildman–Crippen MR) is 96.5 cm³/mol. The molecular weight excluding hydrogens is 346 g/mol. The minimum atomic E-state index is -0.0301. The molecule has 1 fully saturated rings. The molecule has 4 rings (SSSR count). The van der Waals surface area contributed by atoms with Crippen molar-refractivity contribution in [1.29, 1.82) is 0 Å². The van der Waals surface area contributed by atoms with E-state index >= 15 is 0 Å². The SMILES string of the molecule is Cc1cccc(OCCc2noc(C3CCN(C(=O)c4cn[nH]c4)C3)n2)c1. The molecule has 0 radical (unpaired) electrons. The summed E-state index contributed by atoms with van der Waals surface area (Å²) in [6.07, 6.45) is 4.52. The van der Waals surface area contributed by atoms with E-state index in [0.717, 1.165) is 17.7 Å². The standard InChI is InChI=1S/C19H21N5O3/c1-13-3-2-4-16(9-13)26-8-6-17-22-18(27-23-17)14-5-7-24(12-14)19(25)15-10-20-21-11-15/h2-4,9-11,14H,5-8,12H2,1H3,(H,20,21). The van der Waals surface area contributed by atoms with Crippen molar-refractivity contribution >= 4 is 5.91 Å². The van der Waals surface area contributed by atoms with Gasteiger partial charge in [0.2, 0.25) is 5.89 Å². The molecule has 0 saturated carbocycles. The van der Waals surface area contributed by atoms with Crippen LogP contribution in [0.5, 0.6) is 5.75 Å². The Labute approximate surface area is 156 Å².